The predicted molar refractivity (Wildman–Crippen MR) is 76.7 cm³/mol. The van der Waals surface area contributed by atoms with Crippen molar-refractivity contribution in [2.75, 3.05) is 6.61 Å². The van der Waals surface area contributed by atoms with Crippen LogP contribution in [0.15, 0.2) is 45.5 Å². The molecule has 0 aliphatic rings. The Balaban J connectivity index is 2.24. The molecule has 0 amide bonds. The Labute approximate surface area is 125 Å². The van der Waals surface area contributed by atoms with Gasteiger partial charge in [-0.05, 0) is 52.7 Å². The maximum absolute atomic E-state index is 12.2. The zero-order chi connectivity index (χ0) is 14.5. The molecular formula is C15H12BrNO3. The van der Waals surface area contributed by atoms with E-state index in [1.165, 1.54) is 0 Å². The van der Waals surface area contributed by atoms with Crippen LogP contribution >= 0.6 is 15.9 Å². The van der Waals surface area contributed by atoms with Crippen molar-refractivity contribution in [3.63, 3.8) is 0 Å². The lowest BCUT2D eigenvalue weighted by Gasteiger charge is -2.08. The molecule has 2 rings (SSSR count). The van der Waals surface area contributed by atoms with Crippen LogP contribution in [-0.2, 0) is 0 Å². The molecule has 20 heavy (non-hydrogen) atoms. The Bertz CT molecular complexity index is 640. The van der Waals surface area contributed by atoms with Crippen molar-refractivity contribution in [3.05, 3.63) is 52.4 Å². The average Bonchev–Trinajstić information content (AvgIpc) is 2.88. The molecule has 0 radical (unpaired) electrons. The second kappa shape index (κ2) is 6.40. The van der Waals surface area contributed by atoms with Crippen LogP contribution in [0.3, 0.4) is 0 Å². The summed E-state index contributed by atoms with van der Waals surface area (Å²) in [6.45, 7) is 2.46. The molecule has 0 aliphatic carbocycles. The van der Waals surface area contributed by atoms with E-state index in [9.17, 15) is 10.1 Å². The highest BCUT2D eigenvalue weighted by molar-refractivity contribution is 9.10. The van der Waals surface area contributed by atoms with Gasteiger partial charge in [0.15, 0.2) is 10.4 Å². The highest BCUT2D eigenvalue weighted by atomic mass is 79.9. The third-order valence-corrected chi connectivity index (χ3v) is 3.16. The molecule has 5 heteroatoms. The average molecular weight is 334 g/mol. The first-order valence-corrected chi connectivity index (χ1v) is 6.87. The summed E-state index contributed by atoms with van der Waals surface area (Å²) in [5.41, 5.74) is 0.619. The van der Waals surface area contributed by atoms with Gasteiger partial charge in [0, 0.05) is 0 Å². The number of carbonyl (C=O) groups is 1. The molecule has 0 saturated carbocycles. The number of ether oxygens (including phenoxy) is 1. The SMILES string of the molecule is CCOc1ccc(C(C#N)C(=O)c2ccc(Br)o2)cc1. The van der Waals surface area contributed by atoms with Gasteiger partial charge in [0.05, 0.1) is 12.7 Å². The molecule has 102 valence electrons. The number of carbonyl (C=O) groups excluding carboxylic acids is 1. The summed E-state index contributed by atoms with van der Waals surface area (Å²) in [4.78, 5) is 12.2. The number of rotatable bonds is 5. The molecule has 0 fully saturated rings. The zero-order valence-electron chi connectivity index (χ0n) is 10.8. The van der Waals surface area contributed by atoms with E-state index in [2.05, 4.69) is 15.9 Å². The summed E-state index contributed by atoms with van der Waals surface area (Å²) in [5.74, 6) is -0.371. The Kier molecular flexibility index (Phi) is 4.59. The minimum Gasteiger partial charge on any atom is -0.494 e. The van der Waals surface area contributed by atoms with E-state index in [0.717, 1.165) is 0 Å². The molecule has 0 aliphatic heterocycles. The highest BCUT2D eigenvalue weighted by Gasteiger charge is 2.24. The van der Waals surface area contributed by atoms with E-state index in [1.54, 1.807) is 36.4 Å². The van der Waals surface area contributed by atoms with E-state index < -0.39 is 5.92 Å². The molecule has 1 heterocycles. The second-order valence-electron chi connectivity index (χ2n) is 4.03. The number of halogens is 1. The molecule has 1 unspecified atom stereocenters. The summed E-state index contributed by atoms with van der Waals surface area (Å²) in [6, 6.07) is 12.1. The van der Waals surface area contributed by atoms with Crippen LogP contribution in [0.1, 0.15) is 29.0 Å². The Morgan fingerprint density at radius 3 is 2.55 bits per heavy atom. The number of nitrogens with zero attached hydrogens (tertiary/aromatic N) is 1. The van der Waals surface area contributed by atoms with Gasteiger partial charge in [0.1, 0.15) is 11.7 Å². The quantitative estimate of drug-likeness (QED) is 0.777. The molecule has 0 saturated heterocycles. The van der Waals surface area contributed by atoms with Gasteiger partial charge < -0.3 is 9.15 Å². The Morgan fingerprint density at radius 2 is 2.05 bits per heavy atom. The molecule has 4 nitrogen and oxygen atoms in total. The van der Waals surface area contributed by atoms with Gasteiger partial charge in [-0.2, -0.15) is 5.26 Å². The molecule has 0 bridgehead atoms. The fraction of sp³-hybridized carbons (Fsp3) is 0.200. The first-order chi connectivity index (χ1) is 9.65. The van der Waals surface area contributed by atoms with Crippen molar-refractivity contribution in [2.45, 2.75) is 12.8 Å². The highest BCUT2D eigenvalue weighted by Crippen LogP contribution is 2.25. The van der Waals surface area contributed by atoms with E-state index >= 15 is 0 Å². The Hall–Kier alpha value is -2.06. The summed E-state index contributed by atoms with van der Waals surface area (Å²) in [5, 5.41) is 9.24. The van der Waals surface area contributed by atoms with Crippen LogP contribution in [0.2, 0.25) is 0 Å². The third-order valence-electron chi connectivity index (χ3n) is 2.73. The summed E-state index contributed by atoms with van der Waals surface area (Å²) in [7, 11) is 0. The van der Waals surface area contributed by atoms with Crippen LogP contribution in [0.4, 0.5) is 0 Å². The van der Waals surface area contributed by atoms with Crippen LogP contribution in [0.5, 0.6) is 5.75 Å². The third kappa shape index (κ3) is 3.09. The van der Waals surface area contributed by atoms with Gasteiger partial charge in [-0.1, -0.05) is 12.1 Å². The van der Waals surface area contributed by atoms with Gasteiger partial charge in [0.25, 0.3) is 0 Å². The lowest BCUT2D eigenvalue weighted by molar-refractivity contribution is 0.0950. The monoisotopic (exact) mass is 333 g/mol. The molecule has 1 atom stereocenters. The summed E-state index contributed by atoms with van der Waals surface area (Å²) >= 11 is 3.14. The first kappa shape index (κ1) is 14.4. The lowest BCUT2D eigenvalue weighted by Crippen LogP contribution is -2.10. The smallest absolute Gasteiger partial charge is 0.219 e. The van der Waals surface area contributed by atoms with Gasteiger partial charge >= 0.3 is 0 Å². The second-order valence-corrected chi connectivity index (χ2v) is 4.81. The first-order valence-electron chi connectivity index (χ1n) is 6.07. The molecular weight excluding hydrogens is 322 g/mol. The van der Waals surface area contributed by atoms with Crippen molar-refractivity contribution in [2.24, 2.45) is 0 Å². The number of hydrogen-bond acceptors (Lipinski definition) is 4. The fourth-order valence-electron chi connectivity index (χ4n) is 1.80. The molecule has 0 spiro atoms. The standard InChI is InChI=1S/C15H12BrNO3/c1-2-19-11-5-3-10(4-6-11)12(9-17)15(18)13-7-8-14(16)20-13/h3-8,12H,2H2,1H3. The number of benzene rings is 1. The molecule has 0 N–H and O–H groups in total. The molecule has 1 aromatic heterocycles. The maximum Gasteiger partial charge on any atom is 0.219 e. The molecule has 1 aromatic carbocycles. The summed E-state index contributed by atoms with van der Waals surface area (Å²) in [6.07, 6.45) is 0. The predicted octanol–water partition coefficient (Wildman–Crippen LogP) is 3.93. The Morgan fingerprint density at radius 1 is 1.35 bits per heavy atom. The van der Waals surface area contributed by atoms with Crippen LogP contribution < -0.4 is 4.74 Å². The van der Waals surface area contributed by atoms with Crippen molar-refractivity contribution in [1.82, 2.24) is 0 Å². The lowest BCUT2D eigenvalue weighted by atomic mass is 9.95. The van der Waals surface area contributed by atoms with E-state index in [-0.39, 0.29) is 11.5 Å². The largest absolute Gasteiger partial charge is 0.494 e. The van der Waals surface area contributed by atoms with Crippen molar-refractivity contribution in [3.8, 4) is 11.8 Å². The number of Topliss-reactive ketones (excluding diaryl/α,β-unsaturated/α-hetero) is 1. The zero-order valence-corrected chi connectivity index (χ0v) is 12.4. The normalized spacial score (nSPS) is 11.7. The van der Waals surface area contributed by atoms with Crippen molar-refractivity contribution >= 4 is 21.7 Å². The van der Waals surface area contributed by atoms with E-state index in [1.807, 2.05) is 13.0 Å². The number of nitriles is 1. The van der Waals surface area contributed by atoms with Crippen molar-refractivity contribution < 1.29 is 13.9 Å². The molecule has 2 aromatic rings. The fourth-order valence-corrected chi connectivity index (χ4v) is 2.10. The number of hydrogen-bond donors (Lipinski definition) is 0. The number of ketones is 1. The summed E-state index contributed by atoms with van der Waals surface area (Å²) < 4.78 is 11.0. The maximum atomic E-state index is 12.2. The van der Waals surface area contributed by atoms with Crippen LogP contribution in [0.25, 0.3) is 0 Å². The minimum absolute atomic E-state index is 0.164. The van der Waals surface area contributed by atoms with E-state index in [4.69, 9.17) is 9.15 Å². The van der Waals surface area contributed by atoms with Gasteiger partial charge in [0.2, 0.25) is 5.78 Å². The number of furan rings is 1. The topological polar surface area (TPSA) is 63.2 Å². The minimum atomic E-state index is -0.885. The van der Waals surface area contributed by atoms with Crippen molar-refractivity contribution in [1.29, 1.82) is 5.26 Å². The van der Waals surface area contributed by atoms with Gasteiger partial charge in [-0.25, -0.2) is 0 Å². The van der Waals surface area contributed by atoms with Gasteiger partial charge in [-0.15, -0.1) is 0 Å². The van der Waals surface area contributed by atoms with Crippen LogP contribution in [0, 0.1) is 11.3 Å². The van der Waals surface area contributed by atoms with E-state index in [0.29, 0.717) is 22.6 Å². The van der Waals surface area contributed by atoms with Gasteiger partial charge in [-0.3, -0.25) is 4.79 Å². The van der Waals surface area contributed by atoms with Crippen LogP contribution in [-0.4, -0.2) is 12.4 Å².